The molecule has 1 aromatic carbocycles. The van der Waals surface area contributed by atoms with Gasteiger partial charge < -0.3 is 14.7 Å². The van der Waals surface area contributed by atoms with Gasteiger partial charge in [-0.3, -0.25) is 14.3 Å². The van der Waals surface area contributed by atoms with Gasteiger partial charge in [0, 0.05) is 44.8 Å². The SMILES string of the molecule is Cc1ccc(N2CC(C(=O)N3CCN(c4c(C)nn(C5CCS(=O)(=O)C5)c4C)CC3)CC2=O)cc1C. The van der Waals surface area contributed by atoms with Crippen LogP contribution in [-0.2, 0) is 19.4 Å². The predicted molar refractivity (Wildman–Crippen MR) is 139 cm³/mol. The Morgan fingerprint density at radius 1 is 1.03 bits per heavy atom. The molecule has 10 heteroatoms. The lowest BCUT2D eigenvalue weighted by molar-refractivity contribution is -0.136. The molecule has 3 aliphatic heterocycles. The summed E-state index contributed by atoms with van der Waals surface area (Å²) in [6.07, 6.45) is 0.854. The molecule has 0 radical (unpaired) electrons. The number of aromatic nitrogens is 2. The number of aryl methyl sites for hydroxylation is 3. The zero-order valence-corrected chi connectivity index (χ0v) is 22.3. The highest BCUT2D eigenvalue weighted by molar-refractivity contribution is 7.91. The van der Waals surface area contributed by atoms with Crippen LogP contribution in [0.15, 0.2) is 18.2 Å². The van der Waals surface area contributed by atoms with Crippen LogP contribution in [0.4, 0.5) is 11.4 Å². The Kier molecular flexibility index (Phi) is 6.34. The molecule has 0 aliphatic carbocycles. The summed E-state index contributed by atoms with van der Waals surface area (Å²) in [6.45, 7) is 11.0. The third kappa shape index (κ3) is 4.51. The van der Waals surface area contributed by atoms with E-state index in [9.17, 15) is 18.0 Å². The van der Waals surface area contributed by atoms with Crippen molar-refractivity contribution in [3.63, 3.8) is 0 Å². The normalized spacial score (nSPS) is 24.1. The Morgan fingerprint density at radius 2 is 1.75 bits per heavy atom. The number of amides is 2. The average molecular weight is 514 g/mol. The van der Waals surface area contributed by atoms with Crippen molar-refractivity contribution >= 4 is 33.0 Å². The zero-order valence-electron chi connectivity index (χ0n) is 21.5. The van der Waals surface area contributed by atoms with Crippen molar-refractivity contribution in [3.8, 4) is 0 Å². The molecule has 0 bridgehead atoms. The van der Waals surface area contributed by atoms with Gasteiger partial charge in [0.15, 0.2) is 9.84 Å². The van der Waals surface area contributed by atoms with Gasteiger partial charge in [-0.15, -0.1) is 0 Å². The lowest BCUT2D eigenvalue weighted by atomic mass is 10.1. The number of hydrogen-bond acceptors (Lipinski definition) is 6. The van der Waals surface area contributed by atoms with Crippen molar-refractivity contribution in [1.29, 1.82) is 0 Å². The van der Waals surface area contributed by atoms with Crippen molar-refractivity contribution in [2.45, 2.75) is 46.6 Å². The molecule has 2 unspecified atom stereocenters. The Bertz CT molecular complexity index is 1310. The van der Waals surface area contributed by atoms with Crippen LogP contribution in [-0.4, -0.2) is 79.1 Å². The summed E-state index contributed by atoms with van der Waals surface area (Å²) in [5, 5.41) is 4.69. The summed E-state index contributed by atoms with van der Waals surface area (Å²) in [6, 6.07) is 5.89. The largest absolute Gasteiger partial charge is 0.365 e. The summed E-state index contributed by atoms with van der Waals surface area (Å²) in [5.41, 5.74) is 6.10. The van der Waals surface area contributed by atoms with Crippen molar-refractivity contribution < 1.29 is 18.0 Å². The smallest absolute Gasteiger partial charge is 0.228 e. The molecular formula is C26H35N5O4S. The maximum Gasteiger partial charge on any atom is 0.228 e. The topological polar surface area (TPSA) is 95.8 Å². The van der Waals surface area contributed by atoms with Crippen molar-refractivity contribution in [2.24, 2.45) is 5.92 Å². The van der Waals surface area contributed by atoms with Crippen LogP contribution in [0.5, 0.6) is 0 Å². The highest BCUT2D eigenvalue weighted by Crippen LogP contribution is 2.32. The molecule has 2 atom stereocenters. The third-order valence-electron chi connectivity index (χ3n) is 8.03. The molecule has 2 amide bonds. The summed E-state index contributed by atoms with van der Waals surface area (Å²) >= 11 is 0. The molecular weight excluding hydrogens is 478 g/mol. The molecule has 1 aromatic heterocycles. The Labute approximate surface area is 213 Å². The summed E-state index contributed by atoms with van der Waals surface area (Å²) in [7, 11) is -2.99. The predicted octanol–water partition coefficient (Wildman–Crippen LogP) is 2.18. The third-order valence-corrected chi connectivity index (χ3v) is 9.78. The number of benzene rings is 1. The number of anilines is 2. The Hall–Kier alpha value is -2.88. The first-order valence-electron chi connectivity index (χ1n) is 12.7. The molecule has 3 saturated heterocycles. The fourth-order valence-electron chi connectivity index (χ4n) is 5.86. The molecule has 9 nitrogen and oxygen atoms in total. The second-order valence-electron chi connectivity index (χ2n) is 10.5. The van der Waals surface area contributed by atoms with Crippen LogP contribution in [0.1, 0.15) is 41.4 Å². The number of hydrogen-bond donors (Lipinski definition) is 0. The molecule has 0 N–H and O–H groups in total. The van der Waals surface area contributed by atoms with E-state index in [1.54, 1.807) is 4.90 Å². The standard InChI is InChI=1S/C26H35N5O4S/c1-17-5-6-22(13-18(17)2)30-15-21(14-24(30)32)26(33)29-10-8-28(9-11-29)25-19(3)27-31(20(25)4)23-7-12-36(34,35)16-23/h5-6,13,21,23H,7-12,14-16H2,1-4H3. The van der Waals surface area contributed by atoms with Gasteiger partial charge >= 0.3 is 0 Å². The molecule has 36 heavy (non-hydrogen) atoms. The fourth-order valence-corrected chi connectivity index (χ4v) is 7.55. The summed E-state index contributed by atoms with van der Waals surface area (Å²) in [5.74, 6) is 0.103. The van der Waals surface area contributed by atoms with E-state index in [-0.39, 0.29) is 41.7 Å². The second kappa shape index (κ2) is 9.21. The van der Waals surface area contributed by atoms with Crippen molar-refractivity contribution in [3.05, 3.63) is 40.7 Å². The van der Waals surface area contributed by atoms with Gasteiger partial charge in [0.2, 0.25) is 11.8 Å². The van der Waals surface area contributed by atoms with E-state index in [0.29, 0.717) is 39.1 Å². The van der Waals surface area contributed by atoms with Gasteiger partial charge in [0.05, 0.1) is 40.5 Å². The van der Waals surface area contributed by atoms with Gasteiger partial charge in [-0.2, -0.15) is 5.10 Å². The number of carbonyl (C=O) groups is 2. The molecule has 0 saturated carbocycles. The van der Waals surface area contributed by atoms with E-state index in [4.69, 9.17) is 5.10 Å². The van der Waals surface area contributed by atoms with Crippen LogP contribution in [0.3, 0.4) is 0 Å². The van der Waals surface area contributed by atoms with Crippen LogP contribution < -0.4 is 9.80 Å². The highest BCUT2D eigenvalue weighted by atomic mass is 32.2. The van der Waals surface area contributed by atoms with Crippen LogP contribution in [0.2, 0.25) is 0 Å². The quantitative estimate of drug-likeness (QED) is 0.622. The number of rotatable bonds is 4. The molecule has 4 heterocycles. The van der Waals surface area contributed by atoms with Crippen LogP contribution in [0.25, 0.3) is 0 Å². The summed E-state index contributed by atoms with van der Waals surface area (Å²) < 4.78 is 25.8. The van der Waals surface area contributed by atoms with Crippen LogP contribution >= 0.6 is 0 Å². The lowest BCUT2D eigenvalue weighted by Gasteiger charge is -2.37. The van der Waals surface area contributed by atoms with Crippen molar-refractivity contribution in [2.75, 3.05) is 54.0 Å². The highest BCUT2D eigenvalue weighted by Gasteiger charge is 2.38. The van der Waals surface area contributed by atoms with E-state index in [0.717, 1.165) is 28.3 Å². The minimum atomic E-state index is -2.99. The van der Waals surface area contributed by atoms with E-state index >= 15 is 0 Å². The second-order valence-corrected chi connectivity index (χ2v) is 12.7. The maximum absolute atomic E-state index is 13.3. The molecule has 0 spiro atoms. The number of nitrogens with zero attached hydrogens (tertiary/aromatic N) is 5. The monoisotopic (exact) mass is 513 g/mol. The van der Waals surface area contributed by atoms with Gasteiger partial charge in [0.1, 0.15) is 0 Å². The molecule has 2 aromatic rings. The lowest BCUT2D eigenvalue weighted by Crippen LogP contribution is -2.51. The summed E-state index contributed by atoms with van der Waals surface area (Å²) in [4.78, 5) is 31.9. The maximum atomic E-state index is 13.3. The molecule has 3 fully saturated rings. The van der Waals surface area contributed by atoms with Gasteiger partial charge in [-0.05, 0) is 57.4 Å². The van der Waals surface area contributed by atoms with E-state index < -0.39 is 9.84 Å². The fraction of sp³-hybridized carbons (Fsp3) is 0.577. The first-order chi connectivity index (χ1) is 17.0. The van der Waals surface area contributed by atoms with E-state index in [1.807, 2.05) is 55.5 Å². The molecule has 5 rings (SSSR count). The number of sulfone groups is 1. The average Bonchev–Trinajstić information content (AvgIpc) is 3.49. The van der Waals surface area contributed by atoms with Crippen molar-refractivity contribution in [1.82, 2.24) is 14.7 Å². The zero-order chi connectivity index (χ0) is 25.8. The number of piperazine rings is 1. The van der Waals surface area contributed by atoms with Gasteiger partial charge in [-0.25, -0.2) is 8.42 Å². The van der Waals surface area contributed by atoms with Gasteiger partial charge in [-0.1, -0.05) is 6.07 Å². The first-order valence-corrected chi connectivity index (χ1v) is 14.5. The Balaban J connectivity index is 1.22. The minimum absolute atomic E-state index is 0.00262. The number of carbonyl (C=O) groups excluding carboxylic acids is 2. The van der Waals surface area contributed by atoms with Gasteiger partial charge in [0.25, 0.3) is 0 Å². The Morgan fingerprint density at radius 3 is 2.39 bits per heavy atom. The van der Waals surface area contributed by atoms with E-state index in [1.165, 1.54) is 5.56 Å². The minimum Gasteiger partial charge on any atom is -0.365 e. The molecule has 3 aliphatic rings. The molecule has 194 valence electrons. The van der Waals surface area contributed by atoms with Crippen LogP contribution in [0, 0.1) is 33.6 Å². The first kappa shape index (κ1) is 24.8. The van der Waals surface area contributed by atoms with E-state index in [2.05, 4.69) is 4.90 Å².